The van der Waals surface area contributed by atoms with Gasteiger partial charge in [-0.05, 0) is 75.6 Å². The number of nitrogens with two attached hydrogens (primary N) is 1. The Labute approximate surface area is 248 Å². The average Bonchev–Trinajstić information content (AvgIpc) is 3.61. The van der Waals surface area contributed by atoms with E-state index in [0.29, 0.717) is 52.0 Å². The van der Waals surface area contributed by atoms with E-state index >= 15 is 0 Å². The van der Waals surface area contributed by atoms with Crippen LogP contribution in [0.1, 0.15) is 54.6 Å². The number of hydrogen-bond acceptors (Lipinski definition) is 7. The fourth-order valence-electron chi connectivity index (χ4n) is 6.02. The van der Waals surface area contributed by atoms with Gasteiger partial charge in [0.05, 0.1) is 24.8 Å². The zero-order chi connectivity index (χ0) is 30.6. The van der Waals surface area contributed by atoms with Gasteiger partial charge >= 0.3 is 6.55 Å². The number of imidazole rings is 1. The second kappa shape index (κ2) is 11.1. The van der Waals surface area contributed by atoms with Crippen molar-refractivity contribution in [3.8, 4) is 17.3 Å². The number of sulfonamides is 1. The Morgan fingerprint density at radius 3 is 2.60 bits per heavy atom. The molecule has 2 unspecified atom stereocenters. The van der Waals surface area contributed by atoms with Gasteiger partial charge in [-0.15, -0.1) is 0 Å². The van der Waals surface area contributed by atoms with Crippen LogP contribution in [0.3, 0.4) is 0 Å². The summed E-state index contributed by atoms with van der Waals surface area (Å²) < 4.78 is 61.3. The molecule has 3 N–H and O–H groups in total. The van der Waals surface area contributed by atoms with Gasteiger partial charge in [0.15, 0.2) is 5.88 Å². The van der Waals surface area contributed by atoms with Crippen LogP contribution < -0.4 is 20.1 Å². The van der Waals surface area contributed by atoms with E-state index in [4.69, 9.17) is 15.5 Å². The van der Waals surface area contributed by atoms with Crippen LogP contribution in [0.15, 0.2) is 30.3 Å². The first-order valence-electron chi connectivity index (χ1n) is 14.4. The third-order valence-corrected chi connectivity index (χ3v) is 9.37. The van der Waals surface area contributed by atoms with Crippen molar-refractivity contribution in [1.82, 2.24) is 24.3 Å². The molecule has 11 nitrogen and oxygen atoms in total. The number of aromatic nitrogens is 4. The number of carbonyl (C=O) groups excluding carboxylic acids is 1. The molecule has 2 fully saturated rings. The Hall–Kier alpha value is -3.78. The smallest absolute Gasteiger partial charge is 0.329 e. The lowest BCUT2D eigenvalue weighted by Gasteiger charge is -2.27. The van der Waals surface area contributed by atoms with E-state index in [-0.39, 0.29) is 28.1 Å². The number of nitrogens with zero attached hydrogens (tertiary/aromatic N) is 5. The van der Waals surface area contributed by atoms with Gasteiger partial charge in [0.2, 0.25) is 10.0 Å². The number of alkyl halides is 2. The minimum Gasteiger partial charge on any atom is -0.482 e. The number of halogens is 2. The first kappa shape index (κ1) is 29.3. The van der Waals surface area contributed by atoms with Crippen LogP contribution in [0, 0.1) is 12.8 Å². The number of aryl methyl sites for hydroxylation is 1. The average molecular weight is 616 g/mol. The molecule has 230 valence electrons. The molecule has 2 atom stereocenters. The summed E-state index contributed by atoms with van der Waals surface area (Å²) in [5.41, 5.74) is 9.50. The molecule has 0 aromatic carbocycles. The van der Waals surface area contributed by atoms with Gasteiger partial charge in [-0.25, -0.2) is 18.4 Å². The third-order valence-electron chi connectivity index (χ3n) is 8.31. The summed E-state index contributed by atoms with van der Waals surface area (Å²) in [7, 11) is -2.74. The first-order chi connectivity index (χ1) is 20.4. The van der Waals surface area contributed by atoms with Crippen molar-refractivity contribution in [2.24, 2.45) is 11.7 Å². The molecule has 0 radical (unpaired) electrons. The summed E-state index contributed by atoms with van der Waals surface area (Å²) in [6.07, 6.45) is 6.31. The SMILES string of the molecule is COc1cc(C(=O)NC2CCCC(N)C2)cc2nc(-c3cc4ccc(N(C(F)F)S(C)(=O)=O)nc4n3CC3CC3)c(C)n12. The van der Waals surface area contributed by atoms with Gasteiger partial charge in [-0.2, -0.15) is 13.1 Å². The van der Waals surface area contributed by atoms with Crippen LogP contribution in [0.4, 0.5) is 14.6 Å². The highest BCUT2D eigenvalue weighted by molar-refractivity contribution is 7.92. The number of pyridine rings is 2. The third kappa shape index (κ3) is 5.65. The van der Waals surface area contributed by atoms with E-state index < -0.39 is 16.6 Å². The number of hydrogen-bond donors (Lipinski definition) is 2. The van der Waals surface area contributed by atoms with Crippen LogP contribution in [-0.4, -0.2) is 65.3 Å². The molecule has 2 aliphatic rings. The lowest BCUT2D eigenvalue weighted by atomic mass is 9.91. The number of ether oxygens (including phenoxy) is 1. The summed E-state index contributed by atoms with van der Waals surface area (Å²) in [6.45, 7) is -0.813. The monoisotopic (exact) mass is 615 g/mol. The highest BCUT2D eigenvalue weighted by Crippen LogP contribution is 2.38. The maximum absolute atomic E-state index is 13.8. The minimum absolute atomic E-state index is 0.00901. The molecule has 14 heteroatoms. The maximum atomic E-state index is 13.8. The lowest BCUT2D eigenvalue weighted by Crippen LogP contribution is -2.42. The second-order valence-corrected chi connectivity index (χ2v) is 13.5. The van der Waals surface area contributed by atoms with E-state index in [9.17, 15) is 22.0 Å². The molecule has 4 aromatic heterocycles. The largest absolute Gasteiger partial charge is 0.482 e. The summed E-state index contributed by atoms with van der Waals surface area (Å²) >= 11 is 0. The topological polar surface area (TPSA) is 137 Å². The molecular formula is C29H35F2N7O4S. The zero-order valence-electron chi connectivity index (χ0n) is 24.3. The molecule has 1 amide bonds. The highest BCUT2D eigenvalue weighted by atomic mass is 32.2. The summed E-state index contributed by atoms with van der Waals surface area (Å²) in [4.78, 5) is 22.6. The Bertz CT molecular complexity index is 1820. The van der Waals surface area contributed by atoms with Gasteiger partial charge in [0.25, 0.3) is 5.91 Å². The van der Waals surface area contributed by atoms with E-state index in [2.05, 4.69) is 10.3 Å². The predicted octanol–water partition coefficient (Wildman–Crippen LogP) is 4.07. The highest BCUT2D eigenvalue weighted by Gasteiger charge is 2.31. The van der Waals surface area contributed by atoms with Gasteiger partial charge in [-0.3, -0.25) is 9.20 Å². The molecule has 43 heavy (non-hydrogen) atoms. The van der Waals surface area contributed by atoms with Crippen molar-refractivity contribution in [2.45, 2.75) is 70.6 Å². The van der Waals surface area contributed by atoms with Gasteiger partial charge in [-0.1, -0.05) is 0 Å². The number of fused-ring (bicyclic) bond motifs is 2. The normalized spacial score (nSPS) is 19.3. The number of methoxy groups -OCH3 is 1. The number of amides is 1. The van der Waals surface area contributed by atoms with Crippen molar-refractivity contribution < 1.29 is 26.7 Å². The van der Waals surface area contributed by atoms with Crippen molar-refractivity contribution in [3.63, 3.8) is 0 Å². The van der Waals surface area contributed by atoms with Crippen molar-refractivity contribution in [3.05, 3.63) is 41.6 Å². The quantitative estimate of drug-likeness (QED) is 0.271. The number of anilines is 1. The van der Waals surface area contributed by atoms with Crippen molar-refractivity contribution >= 4 is 38.4 Å². The van der Waals surface area contributed by atoms with Crippen molar-refractivity contribution in [1.29, 1.82) is 0 Å². The summed E-state index contributed by atoms with van der Waals surface area (Å²) in [5.74, 6) is 0.243. The fourth-order valence-corrected chi connectivity index (χ4v) is 6.75. The molecule has 2 saturated carbocycles. The zero-order valence-corrected chi connectivity index (χ0v) is 25.1. The standard InChI is InChI=1S/C29H35F2N7O4S/c1-16-26(34-24-12-19(13-25(42-2)37(16)24)28(39)33-21-6-4-5-20(32)14-21)22-11-18-9-10-23(38(29(30)31)43(3,40)41)35-27(18)36(22)15-17-7-8-17/h9-13,17,20-21,29H,4-8,14-15,32H2,1-3H3,(H,33,39). The van der Waals surface area contributed by atoms with Crippen LogP contribution in [0.5, 0.6) is 5.88 Å². The number of carbonyl (C=O) groups is 1. The molecule has 2 aliphatic carbocycles. The molecule has 4 aromatic rings. The molecule has 4 heterocycles. The second-order valence-electron chi connectivity index (χ2n) is 11.6. The lowest BCUT2D eigenvalue weighted by molar-refractivity contribution is 0.0925. The van der Waals surface area contributed by atoms with Crippen LogP contribution in [0.2, 0.25) is 0 Å². The van der Waals surface area contributed by atoms with Crippen LogP contribution >= 0.6 is 0 Å². The van der Waals surface area contributed by atoms with E-state index in [0.717, 1.165) is 50.5 Å². The Balaban J connectivity index is 1.44. The maximum Gasteiger partial charge on any atom is 0.329 e. The van der Waals surface area contributed by atoms with E-state index in [1.165, 1.54) is 13.2 Å². The fraction of sp³-hybridized carbons (Fsp3) is 0.483. The molecule has 0 bridgehead atoms. The predicted molar refractivity (Wildman–Crippen MR) is 159 cm³/mol. The van der Waals surface area contributed by atoms with E-state index in [1.54, 1.807) is 18.2 Å². The minimum atomic E-state index is -4.27. The number of nitrogens with one attached hydrogen (secondary N) is 1. The van der Waals surface area contributed by atoms with Gasteiger partial charge < -0.3 is 20.4 Å². The Morgan fingerprint density at radius 2 is 1.95 bits per heavy atom. The molecule has 0 saturated heterocycles. The first-order valence-corrected chi connectivity index (χ1v) is 16.2. The summed E-state index contributed by atoms with van der Waals surface area (Å²) in [6, 6.07) is 8.24. The molecular weight excluding hydrogens is 580 g/mol. The number of rotatable bonds is 9. The Kier molecular flexibility index (Phi) is 7.53. The summed E-state index contributed by atoms with van der Waals surface area (Å²) in [5, 5.41) is 3.76. The van der Waals surface area contributed by atoms with Crippen LogP contribution in [-0.2, 0) is 16.6 Å². The van der Waals surface area contributed by atoms with Gasteiger partial charge in [0, 0.05) is 35.6 Å². The molecule has 0 spiro atoms. The van der Waals surface area contributed by atoms with Crippen LogP contribution in [0.25, 0.3) is 28.1 Å². The molecule has 6 rings (SSSR count). The Morgan fingerprint density at radius 1 is 1.19 bits per heavy atom. The van der Waals surface area contributed by atoms with Crippen molar-refractivity contribution in [2.75, 3.05) is 17.7 Å². The van der Waals surface area contributed by atoms with E-state index in [1.807, 2.05) is 22.0 Å². The molecule has 0 aliphatic heterocycles. The van der Waals surface area contributed by atoms with Gasteiger partial charge in [0.1, 0.15) is 22.8 Å².